The standard InChI is InChI=1S/C12H16N2O6/c1-6-4-7(14(18)19)2-3-8(6)13-12-11(17)10(16)9(5-15)20-12/h2-4,9-13,15-17H,5H2,1H3. The van der Waals surface area contributed by atoms with Crippen LogP contribution in [0.25, 0.3) is 0 Å². The molecule has 1 fully saturated rings. The Balaban J connectivity index is 2.13. The zero-order chi connectivity index (χ0) is 14.9. The lowest BCUT2D eigenvalue weighted by atomic mass is 10.1. The predicted molar refractivity (Wildman–Crippen MR) is 69.2 cm³/mol. The van der Waals surface area contributed by atoms with Crippen molar-refractivity contribution in [2.24, 2.45) is 0 Å². The van der Waals surface area contributed by atoms with Gasteiger partial charge >= 0.3 is 0 Å². The monoisotopic (exact) mass is 284 g/mol. The van der Waals surface area contributed by atoms with Gasteiger partial charge in [0, 0.05) is 17.8 Å². The van der Waals surface area contributed by atoms with Crippen LogP contribution in [0.5, 0.6) is 0 Å². The summed E-state index contributed by atoms with van der Waals surface area (Å²) in [6, 6.07) is 4.22. The van der Waals surface area contributed by atoms with E-state index < -0.39 is 36.1 Å². The topological polar surface area (TPSA) is 125 Å². The summed E-state index contributed by atoms with van der Waals surface area (Å²) >= 11 is 0. The maximum atomic E-state index is 10.6. The zero-order valence-electron chi connectivity index (χ0n) is 10.8. The molecule has 0 radical (unpaired) electrons. The van der Waals surface area contributed by atoms with Crippen LogP contribution in [0.3, 0.4) is 0 Å². The van der Waals surface area contributed by atoms with Gasteiger partial charge in [0.2, 0.25) is 0 Å². The van der Waals surface area contributed by atoms with Gasteiger partial charge in [-0.25, -0.2) is 0 Å². The number of hydrogen-bond acceptors (Lipinski definition) is 7. The minimum Gasteiger partial charge on any atom is -0.394 e. The molecular weight excluding hydrogens is 268 g/mol. The number of aryl methyl sites for hydroxylation is 1. The first-order chi connectivity index (χ1) is 9.43. The van der Waals surface area contributed by atoms with Crippen molar-refractivity contribution in [3.8, 4) is 0 Å². The molecule has 8 nitrogen and oxygen atoms in total. The highest BCUT2D eigenvalue weighted by Crippen LogP contribution is 2.26. The Bertz CT molecular complexity index is 509. The summed E-state index contributed by atoms with van der Waals surface area (Å²) in [5, 5.41) is 41.9. The highest BCUT2D eigenvalue weighted by Gasteiger charge is 2.42. The first-order valence-electron chi connectivity index (χ1n) is 6.08. The number of benzene rings is 1. The molecule has 4 atom stereocenters. The molecule has 1 aliphatic heterocycles. The number of aliphatic hydroxyl groups is 3. The summed E-state index contributed by atoms with van der Waals surface area (Å²) in [6.45, 7) is 1.27. The van der Waals surface area contributed by atoms with E-state index in [1.54, 1.807) is 6.92 Å². The SMILES string of the molecule is Cc1cc([N+](=O)[O-])ccc1NC1OC(CO)C(O)C1O. The number of rotatable bonds is 4. The van der Waals surface area contributed by atoms with E-state index in [1.165, 1.54) is 18.2 Å². The van der Waals surface area contributed by atoms with Gasteiger partial charge in [0.15, 0.2) is 6.23 Å². The zero-order valence-corrected chi connectivity index (χ0v) is 10.8. The lowest BCUT2D eigenvalue weighted by Gasteiger charge is -2.19. The molecule has 4 unspecified atom stereocenters. The van der Waals surface area contributed by atoms with E-state index >= 15 is 0 Å². The number of nitro groups is 1. The van der Waals surface area contributed by atoms with E-state index in [2.05, 4.69) is 5.32 Å². The Labute approximate surface area is 114 Å². The molecule has 1 heterocycles. The van der Waals surface area contributed by atoms with Crippen LogP contribution in [0.1, 0.15) is 5.56 Å². The van der Waals surface area contributed by atoms with Gasteiger partial charge in [0.25, 0.3) is 5.69 Å². The van der Waals surface area contributed by atoms with Crippen LogP contribution in [0.15, 0.2) is 18.2 Å². The van der Waals surface area contributed by atoms with Crippen molar-refractivity contribution >= 4 is 11.4 Å². The maximum Gasteiger partial charge on any atom is 0.269 e. The summed E-state index contributed by atoms with van der Waals surface area (Å²) < 4.78 is 5.28. The molecule has 4 N–H and O–H groups in total. The van der Waals surface area contributed by atoms with Crippen molar-refractivity contribution in [3.05, 3.63) is 33.9 Å². The number of aliphatic hydroxyl groups excluding tert-OH is 3. The van der Waals surface area contributed by atoms with Crippen molar-refractivity contribution < 1.29 is 25.0 Å². The van der Waals surface area contributed by atoms with Crippen molar-refractivity contribution in [1.82, 2.24) is 0 Å². The molecule has 20 heavy (non-hydrogen) atoms. The quantitative estimate of drug-likeness (QED) is 0.444. The van der Waals surface area contributed by atoms with E-state index in [1.807, 2.05) is 0 Å². The molecule has 1 aromatic rings. The summed E-state index contributed by atoms with van der Waals surface area (Å²) in [4.78, 5) is 10.1. The number of ether oxygens (including phenoxy) is 1. The fourth-order valence-corrected chi connectivity index (χ4v) is 2.10. The summed E-state index contributed by atoms with van der Waals surface area (Å²) in [7, 11) is 0. The number of nitrogens with one attached hydrogen (secondary N) is 1. The predicted octanol–water partition coefficient (Wildman–Crippen LogP) is -0.246. The van der Waals surface area contributed by atoms with E-state index in [4.69, 9.17) is 9.84 Å². The highest BCUT2D eigenvalue weighted by molar-refractivity contribution is 5.55. The van der Waals surface area contributed by atoms with Crippen molar-refractivity contribution in [2.45, 2.75) is 31.5 Å². The first-order valence-corrected chi connectivity index (χ1v) is 6.08. The van der Waals surface area contributed by atoms with Gasteiger partial charge in [-0.3, -0.25) is 10.1 Å². The summed E-state index contributed by atoms with van der Waals surface area (Å²) in [5.41, 5.74) is 1.12. The minimum atomic E-state index is -1.19. The maximum absolute atomic E-state index is 10.6. The van der Waals surface area contributed by atoms with Gasteiger partial charge in [-0.1, -0.05) is 0 Å². The van der Waals surface area contributed by atoms with Crippen LogP contribution in [0, 0.1) is 17.0 Å². The van der Waals surface area contributed by atoms with Gasteiger partial charge in [-0.15, -0.1) is 0 Å². The first kappa shape index (κ1) is 14.7. The van der Waals surface area contributed by atoms with E-state index in [0.717, 1.165) is 0 Å². The molecule has 1 saturated heterocycles. The Kier molecular flexibility index (Phi) is 4.19. The van der Waals surface area contributed by atoms with Crippen LogP contribution in [-0.2, 0) is 4.74 Å². The molecule has 8 heteroatoms. The van der Waals surface area contributed by atoms with Crippen molar-refractivity contribution in [1.29, 1.82) is 0 Å². The third-order valence-electron chi connectivity index (χ3n) is 3.26. The lowest BCUT2D eigenvalue weighted by Crippen LogP contribution is -2.36. The number of non-ortho nitro benzene ring substituents is 1. The number of hydrogen-bond donors (Lipinski definition) is 4. The largest absolute Gasteiger partial charge is 0.394 e. The molecule has 0 saturated carbocycles. The van der Waals surface area contributed by atoms with Gasteiger partial charge in [-0.05, 0) is 18.6 Å². The number of nitrogens with zero attached hydrogens (tertiary/aromatic N) is 1. The minimum absolute atomic E-state index is 0.0331. The average molecular weight is 284 g/mol. The van der Waals surface area contributed by atoms with Crippen molar-refractivity contribution in [2.75, 3.05) is 11.9 Å². The Morgan fingerprint density at radius 3 is 2.60 bits per heavy atom. The average Bonchev–Trinajstić information content (AvgIpc) is 2.68. The second-order valence-corrected chi connectivity index (χ2v) is 4.66. The van der Waals surface area contributed by atoms with E-state index in [-0.39, 0.29) is 5.69 Å². The molecule has 1 aromatic carbocycles. The fourth-order valence-electron chi connectivity index (χ4n) is 2.10. The number of anilines is 1. The van der Waals surface area contributed by atoms with Gasteiger partial charge < -0.3 is 25.4 Å². The Morgan fingerprint density at radius 2 is 2.10 bits per heavy atom. The van der Waals surface area contributed by atoms with Crippen LogP contribution < -0.4 is 5.32 Å². The number of nitro benzene ring substituents is 1. The molecule has 0 bridgehead atoms. The lowest BCUT2D eigenvalue weighted by molar-refractivity contribution is -0.384. The molecule has 110 valence electrons. The second kappa shape index (κ2) is 5.71. The molecule has 2 rings (SSSR count). The molecule has 1 aliphatic rings. The van der Waals surface area contributed by atoms with E-state index in [0.29, 0.717) is 11.3 Å². The van der Waals surface area contributed by atoms with Gasteiger partial charge in [0.05, 0.1) is 11.5 Å². The molecule has 0 amide bonds. The van der Waals surface area contributed by atoms with Crippen LogP contribution in [-0.4, -0.2) is 51.4 Å². The molecule has 0 spiro atoms. The Morgan fingerprint density at radius 1 is 1.40 bits per heavy atom. The third-order valence-corrected chi connectivity index (χ3v) is 3.26. The smallest absolute Gasteiger partial charge is 0.269 e. The normalized spacial score (nSPS) is 29.4. The van der Waals surface area contributed by atoms with Gasteiger partial charge in [-0.2, -0.15) is 0 Å². The molecule has 0 aliphatic carbocycles. The summed E-state index contributed by atoms with van der Waals surface area (Å²) in [5.74, 6) is 0. The van der Waals surface area contributed by atoms with Crippen LogP contribution in [0.4, 0.5) is 11.4 Å². The molecular formula is C12H16N2O6. The Hall–Kier alpha value is -1.74. The van der Waals surface area contributed by atoms with Crippen molar-refractivity contribution in [3.63, 3.8) is 0 Å². The fraction of sp³-hybridized carbons (Fsp3) is 0.500. The van der Waals surface area contributed by atoms with Gasteiger partial charge in [0.1, 0.15) is 18.3 Å². The highest BCUT2D eigenvalue weighted by atomic mass is 16.6. The second-order valence-electron chi connectivity index (χ2n) is 4.66. The molecule has 0 aromatic heterocycles. The van der Waals surface area contributed by atoms with Crippen LogP contribution >= 0.6 is 0 Å². The van der Waals surface area contributed by atoms with Crippen LogP contribution in [0.2, 0.25) is 0 Å². The third kappa shape index (κ3) is 2.73. The summed E-state index contributed by atoms with van der Waals surface area (Å²) in [6.07, 6.45) is -4.12. The van der Waals surface area contributed by atoms with E-state index in [9.17, 15) is 20.3 Å².